The number of carbonyl (C=O) groups is 1. The minimum absolute atomic E-state index is 0.0549. The molecule has 9 heteroatoms. The number of hydrogen-bond acceptors (Lipinski definition) is 7. The molecule has 0 aliphatic rings. The molecule has 0 saturated carbocycles. The van der Waals surface area contributed by atoms with Gasteiger partial charge in [0.15, 0.2) is 5.84 Å². The van der Waals surface area contributed by atoms with Gasteiger partial charge in [-0.1, -0.05) is 27.7 Å². The van der Waals surface area contributed by atoms with Crippen LogP contribution in [-0.2, 0) is 4.79 Å². The van der Waals surface area contributed by atoms with Crippen LogP contribution >= 0.6 is 11.9 Å². The summed E-state index contributed by atoms with van der Waals surface area (Å²) in [4.78, 5) is 14.9. The number of rotatable bonds is 8. The van der Waals surface area contributed by atoms with Crippen molar-refractivity contribution in [2.45, 2.75) is 58.4 Å². The fraction of sp³-hybridized carbons (Fsp3) is 0.400. The number of nitrogens with zero attached hydrogens (tertiary/aromatic N) is 2. The SMILES string of the molecule is CCN(CC)Sc1ccc(N(C(=N)C(=O)NC(C)C)C(=N)c2cc(C(C)C)c(O)cc2O)cc1. The summed E-state index contributed by atoms with van der Waals surface area (Å²) < 4.78 is 2.19. The summed E-state index contributed by atoms with van der Waals surface area (Å²) in [5, 5.41) is 40.8. The molecule has 0 fully saturated rings. The third-order valence-electron chi connectivity index (χ3n) is 5.14. The monoisotopic (exact) mass is 485 g/mol. The second-order valence-electron chi connectivity index (χ2n) is 8.44. The summed E-state index contributed by atoms with van der Waals surface area (Å²) >= 11 is 1.61. The summed E-state index contributed by atoms with van der Waals surface area (Å²) in [6.45, 7) is 13.3. The maximum atomic E-state index is 12.7. The Labute approximate surface area is 206 Å². The lowest BCUT2D eigenvalue weighted by molar-refractivity contribution is -0.115. The van der Waals surface area contributed by atoms with E-state index in [2.05, 4.69) is 23.5 Å². The van der Waals surface area contributed by atoms with E-state index in [0.29, 0.717) is 11.3 Å². The van der Waals surface area contributed by atoms with Crippen molar-refractivity contribution in [2.75, 3.05) is 18.0 Å². The van der Waals surface area contributed by atoms with Crippen LogP contribution in [0.4, 0.5) is 5.69 Å². The van der Waals surface area contributed by atoms with Crippen molar-refractivity contribution in [2.24, 2.45) is 0 Å². The van der Waals surface area contributed by atoms with Gasteiger partial charge in [-0.2, -0.15) is 0 Å². The fourth-order valence-corrected chi connectivity index (χ4v) is 4.14. The molecule has 0 unspecified atom stereocenters. The van der Waals surface area contributed by atoms with Crippen LogP contribution in [0.15, 0.2) is 41.3 Å². The molecule has 0 radical (unpaired) electrons. The molecule has 1 amide bonds. The van der Waals surface area contributed by atoms with Crippen molar-refractivity contribution in [3.63, 3.8) is 0 Å². The number of hydrogen-bond donors (Lipinski definition) is 5. The van der Waals surface area contributed by atoms with Gasteiger partial charge < -0.3 is 15.5 Å². The molecule has 0 aliphatic heterocycles. The van der Waals surface area contributed by atoms with Crippen LogP contribution in [0.5, 0.6) is 11.5 Å². The number of nitrogens with one attached hydrogen (secondary N) is 3. The van der Waals surface area contributed by atoms with Crippen molar-refractivity contribution >= 4 is 35.2 Å². The molecule has 5 N–H and O–H groups in total. The highest BCUT2D eigenvalue weighted by molar-refractivity contribution is 7.97. The lowest BCUT2D eigenvalue weighted by Gasteiger charge is -2.27. The van der Waals surface area contributed by atoms with Gasteiger partial charge in [0.25, 0.3) is 5.91 Å². The van der Waals surface area contributed by atoms with E-state index < -0.39 is 11.7 Å². The Morgan fingerprint density at radius 1 is 1.00 bits per heavy atom. The maximum absolute atomic E-state index is 12.7. The van der Waals surface area contributed by atoms with Gasteiger partial charge in [0.05, 0.1) is 5.56 Å². The molecule has 2 aromatic carbocycles. The Morgan fingerprint density at radius 2 is 1.59 bits per heavy atom. The molecule has 0 atom stereocenters. The first-order valence-electron chi connectivity index (χ1n) is 11.4. The highest BCUT2D eigenvalue weighted by atomic mass is 32.2. The third-order valence-corrected chi connectivity index (χ3v) is 6.40. The number of anilines is 1. The normalized spacial score (nSPS) is 11.2. The number of carbonyl (C=O) groups excluding carboxylic acids is 1. The quantitative estimate of drug-likeness (QED) is 0.206. The maximum Gasteiger partial charge on any atom is 0.287 e. The Hall–Kier alpha value is -3.04. The molecule has 8 nitrogen and oxygen atoms in total. The van der Waals surface area contributed by atoms with Crippen LogP contribution < -0.4 is 10.2 Å². The molecule has 0 aliphatic carbocycles. The molecule has 34 heavy (non-hydrogen) atoms. The highest BCUT2D eigenvalue weighted by Crippen LogP contribution is 2.34. The van der Waals surface area contributed by atoms with Crippen molar-refractivity contribution in [3.8, 4) is 11.5 Å². The van der Waals surface area contributed by atoms with Crippen molar-refractivity contribution in [1.82, 2.24) is 9.62 Å². The minimum atomic E-state index is -0.635. The predicted molar refractivity (Wildman–Crippen MR) is 139 cm³/mol. The number of aromatic hydroxyl groups is 2. The van der Waals surface area contributed by atoms with Gasteiger partial charge in [0.2, 0.25) is 0 Å². The Balaban J connectivity index is 2.53. The van der Waals surface area contributed by atoms with E-state index in [9.17, 15) is 15.0 Å². The molecule has 2 aromatic rings. The van der Waals surface area contributed by atoms with Crippen LogP contribution in [0.3, 0.4) is 0 Å². The van der Waals surface area contributed by atoms with E-state index in [4.69, 9.17) is 10.8 Å². The number of benzene rings is 2. The molecule has 0 heterocycles. The summed E-state index contributed by atoms with van der Waals surface area (Å²) in [5.41, 5.74) is 1.11. The van der Waals surface area contributed by atoms with Gasteiger partial charge >= 0.3 is 0 Å². The highest BCUT2D eigenvalue weighted by Gasteiger charge is 2.27. The molecule has 184 valence electrons. The number of amidine groups is 2. The number of phenolic OH excluding ortho intramolecular Hbond substituents is 2. The Kier molecular flexibility index (Phi) is 9.52. The van der Waals surface area contributed by atoms with Crippen LogP contribution in [0.1, 0.15) is 58.6 Å². The zero-order valence-corrected chi connectivity index (χ0v) is 21.5. The summed E-state index contributed by atoms with van der Waals surface area (Å²) in [7, 11) is 0. The average molecular weight is 486 g/mol. The van der Waals surface area contributed by atoms with E-state index in [1.54, 1.807) is 37.9 Å². The minimum Gasteiger partial charge on any atom is -0.508 e. The third kappa shape index (κ3) is 6.51. The van der Waals surface area contributed by atoms with Crippen LogP contribution in [0.25, 0.3) is 0 Å². The average Bonchev–Trinajstić information content (AvgIpc) is 2.77. The smallest absolute Gasteiger partial charge is 0.287 e. The summed E-state index contributed by atoms with van der Waals surface area (Å²) in [6, 6.07) is 9.79. The predicted octanol–water partition coefficient (Wildman–Crippen LogP) is 4.90. The van der Waals surface area contributed by atoms with Crippen LogP contribution in [0, 0.1) is 10.8 Å². The molecular weight excluding hydrogens is 450 g/mol. The van der Waals surface area contributed by atoms with Gasteiger partial charge in [0.1, 0.15) is 17.3 Å². The lowest BCUT2D eigenvalue weighted by atomic mass is 9.98. The molecular formula is C25H35N5O3S. The van der Waals surface area contributed by atoms with E-state index in [0.717, 1.165) is 18.0 Å². The van der Waals surface area contributed by atoms with Gasteiger partial charge in [0, 0.05) is 35.8 Å². The summed E-state index contributed by atoms with van der Waals surface area (Å²) in [5.74, 6) is -1.75. The second kappa shape index (κ2) is 11.9. The van der Waals surface area contributed by atoms with Crippen molar-refractivity contribution in [1.29, 1.82) is 10.8 Å². The van der Waals surface area contributed by atoms with Gasteiger partial charge in [-0.15, -0.1) is 0 Å². The van der Waals surface area contributed by atoms with E-state index >= 15 is 0 Å². The van der Waals surface area contributed by atoms with Gasteiger partial charge in [-0.25, -0.2) is 4.31 Å². The number of phenols is 2. The molecule has 0 spiro atoms. The van der Waals surface area contributed by atoms with Crippen molar-refractivity contribution < 1.29 is 15.0 Å². The second-order valence-corrected chi connectivity index (χ2v) is 9.61. The molecule has 0 saturated heterocycles. The van der Waals surface area contributed by atoms with Crippen LogP contribution in [0.2, 0.25) is 0 Å². The summed E-state index contributed by atoms with van der Waals surface area (Å²) in [6.07, 6.45) is 0. The lowest BCUT2D eigenvalue weighted by Crippen LogP contribution is -2.47. The van der Waals surface area contributed by atoms with Gasteiger partial charge in [-0.3, -0.25) is 20.5 Å². The Bertz CT molecular complexity index is 1030. The van der Waals surface area contributed by atoms with E-state index in [1.807, 2.05) is 26.0 Å². The first kappa shape index (κ1) is 27.2. The van der Waals surface area contributed by atoms with Crippen molar-refractivity contribution in [3.05, 3.63) is 47.5 Å². The van der Waals surface area contributed by atoms with E-state index in [1.165, 1.54) is 17.0 Å². The van der Waals surface area contributed by atoms with Crippen LogP contribution in [-0.4, -0.2) is 51.2 Å². The topological polar surface area (TPSA) is 124 Å². The first-order chi connectivity index (χ1) is 16.0. The zero-order valence-electron chi connectivity index (χ0n) is 20.6. The standard InChI is InChI=1S/C25H35N5O3S/c1-7-29(8-2)34-18-11-9-17(10-12-18)30(24(27)25(33)28-16(5)6)23(26)20-13-19(15(3)4)21(31)14-22(20)32/h9-16,26-27,31-32H,7-8H2,1-6H3,(H,28,33). The first-order valence-corrected chi connectivity index (χ1v) is 12.1. The molecule has 2 rings (SSSR count). The Morgan fingerprint density at radius 3 is 2.09 bits per heavy atom. The molecule has 0 bridgehead atoms. The van der Waals surface area contributed by atoms with Gasteiger partial charge in [-0.05, 0) is 67.6 Å². The number of amides is 1. The largest absolute Gasteiger partial charge is 0.508 e. The fourth-order valence-electron chi connectivity index (χ4n) is 3.33. The van der Waals surface area contributed by atoms with E-state index in [-0.39, 0.29) is 34.9 Å². The zero-order chi connectivity index (χ0) is 25.6. The molecule has 0 aromatic heterocycles.